The molecule has 0 aliphatic rings. The second-order valence-electron chi connectivity index (χ2n) is 4.85. The molecule has 19 heavy (non-hydrogen) atoms. The number of rotatable bonds is 5. The summed E-state index contributed by atoms with van der Waals surface area (Å²) in [5.41, 5.74) is 3.79. The Labute approximate surface area is 112 Å². The number of H-pyrrole nitrogens is 1. The van der Waals surface area contributed by atoms with Gasteiger partial charge in [0.15, 0.2) is 0 Å². The number of hydrogen-bond donors (Lipinski definition) is 2. The second-order valence-corrected chi connectivity index (χ2v) is 4.85. The molecule has 2 N–H and O–H groups in total. The van der Waals surface area contributed by atoms with Crippen LogP contribution >= 0.6 is 0 Å². The fourth-order valence-corrected chi connectivity index (χ4v) is 2.28. The van der Waals surface area contributed by atoms with Gasteiger partial charge in [-0.15, -0.1) is 0 Å². The molecule has 98 valence electrons. The monoisotopic (exact) mass is 254 g/mol. The molecular formula is C15H18N4. The third-order valence-corrected chi connectivity index (χ3v) is 3.30. The van der Waals surface area contributed by atoms with Crippen molar-refractivity contribution in [1.82, 2.24) is 20.1 Å². The van der Waals surface area contributed by atoms with Crippen LogP contribution in [0.5, 0.6) is 0 Å². The van der Waals surface area contributed by atoms with Crippen molar-refractivity contribution in [3.63, 3.8) is 0 Å². The minimum absolute atomic E-state index is 0.904. The van der Waals surface area contributed by atoms with Crippen LogP contribution in [0.3, 0.4) is 0 Å². The third-order valence-electron chi connectivity index (χ3n) is 3.30. The lowest BCUT2D eigenvalue weighted by atomic mass is 10.1. The fraction of sp³-hybridized carbons (Fsp3) is 0.267. The molecule has 4 heteroatoms. The zero-order valence-electron chi connectivity index (χ0n) is 11.1. The van der Waals surface area contributed by atoms with Crippen molar-refractivity contribution in [2.45, 2.75) is 13.0 Å². The predicted molar refractivity (Wildman–Crippen MR) is 76.9 cm³/mol. The lowest BCUT2D eigenvalue weighted by Crippen LogP contribution is -2.16. The molecule has 2 aromatic heterocycles. The van der Waals surface area contributed by atoms with Crippen molar-refractivity contribution >= 4 is 10.9 Å². The fourth-order valence-electron chi connectivity index (χ4n) is 2.28. The summed E-state index contributed by atoms with van der Waals surface area (Å²) < 4.78 is 1.84. The number of aryl methyl sites for hydroxylation is 1. The van der Waals surface area contributed by atoms with Gasteiger partial charge in [0.25, 0.3) is 0 Å². The first kappa shape index (κ1) is 12.0. The van der Waals surface area contributed by atoms with Crippen molar-refractivity contribution in [3.8, 4) is 0 Å². The summed E-state index contributed by atoms with van der Waals surface area (Å²) in [6.45, 7) is 1.87. The highest BCUT2D eigenvalue weighted by atomic mass is 15.2. The summed E-state index contributed by atoms with van der Waals surface area (Å²) >= 11 is 0. The minimum atomic E-state index is 0.904. The number of fused-ring (bicyclic) bond motifs is 1. The maximum absolute atomic E-state index is 4.17. The van der Waals surface area contributed by atoms with Crippen LogP contribution in [0.4, 0.5) is 0 Å². The van der Waals surface area contributed by atoms with E-state index < -0.39 is 0 Å². The van der Waals surface area contributed by atoms with Crippen molar-refractivity contribution in [2.75, 3.05) is 6.54 Å². The van der Waals surface area contributed by atoms with Crippen molar-refractivity contribution < 1.29 is 0 Å². The van der Waals surface area contributed by atoms with Crippen LogP contribution in [0, 0.1) is 0 Å². The molecule has 0 saturated carbocycles. The van der Waals surface area contributed by atoms with E-state index in [2.05, 4.69) is 45.9 Å². The van der Waals surface area contributed by atoms with E-state index in [4.69, 9.17) is 0 Å². The van der Waals surface area contributed by atoms with Gasteiger partial charge in [-0.3, -0.25) is 4.68 Å². The summed E-state index contributed by atoms with van der Waals surface area (Å²) in [5.74, 6) is 0. The highest BCUT2D eigenvalue weighted by molar-refractivity contribution is 5.79. The van der Waals surface area contributed by atoms with E-state index in [0.717, 1.165) is 19.5 Å². The number of aromatic nitrogens is 3. The molecule has 0 atom stereocenters. The Bertz CT molecular complexity index is 665. The molecule has 3 aromatic rings. The largest absolute Gasteiger partial charge is 0.361 e. The van der Waals surface area contributed by atoms with Gasteiger partial charge >= 0.3 is 0 Å². The number of nitrogens with zero attached hydrogens (tertiary/aromatic N) is 2. The van der Waals surface area contributed by atoms with E-state index in [0.29, 0.717) is 0 Å². The van der Waals surface area contributed by atoms with Gasteiger partial charge in [0.2, 0.25) is 0 Å². The first-order chi connectivity index (χ1) is 9.31. The van der Waals surface area contributed by atoms with Gasteiger partial charge in [-0.25, -0.2) is 0 Å². The van der Waals surface area contributed by atoms with E-state index in [1.807, 2.05) is 24.1 Å². The zero-order chi connectivity index (χ0) is 13.1. The van der Waals surface area contributed by atoms with Gasteiger partial charge < -0.3 is 10.3 Å². The summed E-state index contributed by atoms with van der Waals surface area (Å²) in [7, 11) is 1.95. The molecule has 1 aromatic carbocycles. The standard InChI is InChI=1S/C15H18N4/c1-19-11-13(10-18-19)4-6-16-9-12-2-3-15-14(8-12)5-7-17-15/h2-3,5,7-8,10-11,16-17H,4,6,9H2,1H3. The highest BCUT2D eigenvalue weighted by Gasteiger charge is 1.98. The Hall–Kier alpha value is -2.07. The predicted octanol–water partition coefficient (Wildman–Crippen LogP) is 2.23. The molecule has 3 rings (SSSR count). The molecule has 0 fully saturated rings. The van der Waals surface area contributed by atoms with Gasteiger partial charge in [-0.1, -0.05) is 6.07 Å². The van der Waals surface area contributed by atoms with Gasteiger partial charge in [-0.2, -0.15) is 5.10 Å². The molecule has 0 saturated heterocycles. The summed E-state index contributed by atoms with van der Waals surface area (Å²) in [5, 5.41) is 8.91. The van der Waals surface area contributed by atoms with E-state index in [-0.39, 0.29) is 0 Å². The summed E-state index contributed by atoms with van der Waals surface area (Å²) in [6, 6.07) is 8.63. The SMILES string of the molecule is Cn1cc(CCNCc2ccc3[nH]ccc3c2)cn1. The van der Waals surface area contributed by atoms with Crippen LogP contribution in [-0.4, -0.2) is 21.3 Å². The molecule has 0 spiro atoms. The molecule has 0 bridgehead atoms. The Morgan fingerprint density at radius 3 is 3.05 bits per heavy atom. The minimum Gasteiger partial charge on any atom is -0.361 e. The van der Waals surface area contributed by atoms with E-state index in [1.54, 1.807) is 0 Å². The highest BCUT2D eigenvalue weighted by Crippen LogP contribution is 2.13. The van der Waals surface area contributed by atoms with Gasteiger partial charge in [0.05, 0.1) is 6.20 Å². The summed E-state index contributed by atoms with van der Waals surface area (Å²) in [6.07, 6.45) is 6.98. The Morgan fingerprint density at radius 2 is 2.21 bits per heavy atom. The van der Waals surface area contributed by atoms with Crippen LogP contribution < -0.4 is 5.32 Å². The van der Waals surface area contributed by atoms with E-state index in [1.165, 1.54) is 22.0 Å². The van der Waals surface area contributed by atoms with Crippen LogP contribution in [-0.2, 0) is 20.0 Å². The number of aromatic amines is 1. The Kier molecular flexibility index (Phi) is 3.33. The topological polar surface area (TPSA) is 45.6 Å². The maximum Gasteiger partial charge on any atom is 0.0522 e. The smallest absolute Gasteiger partial charge is 0.0522 e. The number of nitrogens with one attached hydrogen (secondary N) is 2. The Balaban J connectivity index is 1.51. The molecule has 0 radical (unpaired) electrons. The molecule has 0 unspecified atom stereocenters. The number of benzene rings is 1. The van der Waals surface area contributed by atoms with Gasteiger partial charge in [-0.05, 0) is 47.7 Å². The third kappa shape index (κ3) is 2.85. The van der Waals surface area contributed by atoms with Crippen molar-refractivity contribution in [2.24, 2.45) is 7.05 Å². The molecule has 2 heterocycles. The quantitative estimate of drug-likeness (QED) is 0.686. The molecule has 0 aliphatic heterocycles. The zero-order valence-corrected chi connectivity index (χ0v) is 11.1. The van der Waals surface area contributed by atoms with Gasteiger partial charge in [0, 0.05) is 31.5 Å². The van der Waals surface area contributed by atoms with E-state index in [9.17, 15) is 0 Å². The maximum atomic E-state index is 4.17. The van der Waals surface area contributed by atoms with Crippen molar-refractivity contribution in [3.05, 3.63) is 54.0 Å². The second kappa shape index (κ2) is 5.28. The lowest BCUT2D eigenvalue weighted by Gasteiger charge is -2.04. The van der Waals surface area contributed by atoms with E-state index >= 15 is 0 Å². The molecule has 0 aliphatic carbocycles. The number of hydrogen-bond acceptors (Lipinski definition) is 2. The summed E-state index contributed by atoms with van der Waals surface area (Å²) in [4.78, 5) is 3.21. The van der Waals surface area contributed by atoms with Crippen molar-refractivity contribution in [1.29, 1.82) is 0 Å². The normalized spacial score (nSPS) is 11.2. The van der Waals surface area contributed by atoms with Gasteiger partial charge in [0.1, 0.15) is 0 Å². The first-order valence-electron chi connectivity index (χ1n) is 6.55. The van der Waals surface area contributed by atoms with Crippen LogP contribution in [0.25, 0.3) is 10.9 Å². The average Bonchev–Trinajstić information content (AvgIpc) is 3.03. The average molecular weight is 254 g/mol. The lowest BCUT2D eigenvalue weighted by molar-refractivity contribution is 0.686. The van der Waals surface area contributed by atoms with Crippen LogP contribution in [0.2, 0.25) is 0 Å². The van der Waals surface area contributed by atoms with Crippen LogP contribution in [0.15, 0.2) is 42.9 Å². The first-order valence-corrected chi connectivity index (χ1v) is 6.55. The van der Waals surface area contributed by atoms with Crippen LogP contribution in [0.1, 0.15) is 11.1 Å². The Morgan fingerprint density at radius 1 is 1.26 bits per heavy atom. The molecular weight excluding hydrogens is 236 g/mol. The molecule has 0 amide bonds. The molecule has 4 nitrogen and oxygen atoms in total.